The lowest BCUT2D eigenvalue weighted by Crippen LogP contribution is -2.58. The number of amides is 1. The molecule has 2 aromatic carbocycles. The number of aryl methyl sites for hydroxylation is 1. The maximum Gasteiger partial charge on any atom is 0.228 e. The van der Waals surface area contributed by atoms with Gasteiger partial charge in [-0.3, -0.25) is 9.69 Å². The molecule has 0 unspecified atom stereocenters. The van der Waals surface area contributed by atoms with Crippen LogP contribution in [0.1, 0.15) is 11.9 Å². The van der Waals surface area contributed by atoms with Gasteiger partial charge in [-0.15, -0.1) is 11.3 Å². The second-order valence-electron chi connectivity index (χ2n) is 8.01. The summed E-state index contributed by atoms with van der Waals surface area (Å²) in [6, 6.07) is 13.2. The van der Waals surface area contributed by atoms with Crippen molar-refractivity contribution in [3.63, 3.8) is 0 Å². The Morgan fingerprint density at radius 3 is 2.81 bits per heavy atom. The number of β-amino-alcohol motifs (C(OH)–C–C–N with tert-alkyl or cyclic N) is 1. The monoisotopic (exact) mass is 474 g/mol. The van der Waals surface area contributed by atoms with Gasteiger partial charge in [0.05, 0.1) is 20.9 Å². The summed E-state index contributed by atoms with van der Waals surface area (Å²) in [6.07, 6.45) is 0.213. The van der Waals surface area contributed by atoms with Crippen LogP contribution in [0.5, 0.6) is 5.75 Å². The van der Waals surface area contributed by atoms with Crippen LogP contribution in [0.25, 0.3) is 10.2 Å². The molecule has 1 saturated heterocycles. The Kier molecular flexibility index (Phi) is 7.27. The second kappa shape index (κ2) is 10.1. The Labute approximate surface area is 196 Å². The molecular formula is C23H27ClN4O3S. The third kappa shape index (κ3) is 5.39. The van der Waals surface area contributed by atoms with E-state index in [1.54, 1.807) is 28.5 Å². The zero-order valence-corrected chi connectivity index (χ0v) is 19.7. The highest BCUT2D eigenvalue weighted by molar-refractivity contribution is 7.18. The van der Waals surface area contributed by atoms with Gasteiger partial charge in [0.2, 0.25) is 6.41 Å². The molecule has 1 N–H and O–H groups in total. The number of fused-ring (bicyclic) bond motifs is 1. The quantitative estimate of drug-likeness (QED) is 0.503. The number of piperazine rings is 1. The first kappa shape index (κ1) is 22.9. The number of benzene rings is 2. The van der Waals surface area contributed by atoms with E-state index < -0.39 is 6.10 Å². The average molecular weight is 475 g/mol. The number of carbonyl (C=O) groups is 1. The fraction of sp³-hybridized carbons (Fsp3) is 0.391. The van der Waals surface area contributed by atoms with Gasteiger partial charge in [-0.2, -0.15) is 0 Å². The number of aliphatic hydroxyl groups is 1. The van der Waals surface area contributed by atoms with Crippen molar-refractivity contribution >= 4 is 45.3 Å². The molecule has 0 bridgehead atoms. The van der Waals surface area contributed by atoms with Gasteiger partial charge in [0.25, 0.3) is 0 Å². The van der Waals surface area contributed by atoms with E-state index >= 15 is 0 Å². The molecular weight excluding hydrogens is 448 g/mol. The van der Waals surface area contributed by atoms with Crippen molar-refractivity contribution in [1.82, 2.24) is 14.9 Å². The van der Waals surface area contributed by atoms with E-state index in [2.05, 4.69) is 16.8 Å². The van der Waals surface area contributed by atoms with Gasteiger partial charge in [-0.1, -0.05) is 11.6 Å². The van der Waals surface area contributed by atoms with Gasteiger partial charge in [0.15, 0.2) is 0 Å². The minimum absolute atomic E-state index is 0.169. The molecule has 0 saturated carbocycles. The largest absolute Gasteiger partial charge is 0.491 e. The van der Waals surface area contributed by atoms with E-state index in [4.69, 9.17) is 16.3 Å². The van der Waals surface area contributed by atoms with Crippen LogP contribution in [0, 0.1) is 6.92 Å². The number of halogens is 1. The summed E-state index contributed by atoms with van der Waals surface area (Å²) in [6.45, 7) is 6.90. The standard InChI is InChI=1S/C23H27ClN4O3S/c1-16-12-27(28(15-29)19-5-3-18(24)4-6-19)10-9-26(16)13-20(30)14-31-21-7-8-23-22(11-21)25-17(2)32-23/h3-8,11,15-16,20,30H,9-10,12-14H2,1-2H3/t16-,20+/m0/s1. The predicted molar refractivity (Wildman–Crippen MR) is 128 cm³/mol. The summed E-state index contributed by atoms with van der Waals surface area (Å²) >= 11 is 7.62. The minimum atomic E-state index is -0.615. The average Bonchev–Trinajstić information content (AvgIpc) is 3.15. The molecule has 2 heterocycles. The molecule has 170 valence electrons. The van der Waals surface area contributed by atoms with Crippen LogP contribution in [-0.2, 0) is 4.79 Å². The molecule has 3 aromatic rings. The summed E-state index contributed by atoms with van der Waals surface area (Å²) in [5.74, 6) is 0.712. The number of hydrogen-bond donors (Lipinski definition) is 1. The molecule has 0 spiro atoms. The van der Waals surface area contributed by atoms with E-state index in [0.717, 1.165) is 33.9 Å². The number of carbonyl (C=O) groups excluding carboxylic acids is 1. The fourth-order valence-electron chi connectivity index (χ4n) is 3.96. The van der Waals surface area contributed by atoms with Crippen LogP contribution in [-0.4, -0.2) is 71.3 Å². The maximum atomic E-state index is 11.7. The summed E-state index contributed by atoms with van der Waals surface area (Å²) in [4.78, 5) is 18.4. The fourth-order valence-corrected chi connectivity index (χ4v) is 4.89. The Bertz CT molecular complexity index is 1060. The highest BCUT2D eigenvalue weighted by Gasteiger charge is 2.28. The van der Waals surface area contributed by atoms with Gasteiger partial charge in [0.1, 0.15) is 18.5 Å². The molecule has 1 aliphatic rings. The lowest BCUT2D eigenvalue weighted by molar-refractivity contribution is -0.111. The SMILES string of the molecule is Cc1nc2cc(OC[C@H](O)CN3CCN(N(C=O)c4ccc(Cl)cc4)C[C@@H]3C)ccc2s1. The lowest BCUT2D eigenvalue weighted by atomic mass is 10.2. The van der Waals surface area contributed by atoms with Crippen LogP contribution in [0.4, 0.5) is 5.69 Å². The first-order valence-electron chi connectivity index (χ1n) is 10.6. The van der Waals surface area contributed by atoms with Crippen LogP contribution < -0.4 is 9.75 Å². The van der Waals surface area contributed by atoms with Crippen LogP contribution in [0.3, 0.4) is 0 Å². The number of hydrogen-bond acceptors (Lipinski definition) is 7. The third-order valence-corrected chi connectivity index (χ3v) is 6.80. The molecule has 1 aromatic heterocycles. The number of nitrogens with zero attached hydrogens (tertiary/aromatic N) is 4. The predicted octanol–water partition coefficient (Wildman–Crippen LogP) is 3.58. The van der Waals surface area contributed by atoms with Crippen molar-refractivity contribution < 1.29 is 14.6 Å². The molecule has 7 nitrogen and oxygen atoms in total. The molecule has 32 heavy (non-hydrogen) atoms. The van der Waals surface area contributed by atoms with Gasteiger partial charge in [0, 0.05) is 43.3 Å². The molecule has 0 aliphatic carbocycles. The highest BCUT2D eigenvalue weighted by atomic mass is 35.5. The van der Waals surface area contributed by atoms with Gasteiger partial charge in [-0.25, -0.2) is 15.0 Å². The normalized spacial score (nSPS) is 18.6. The molecule has 9 heteroatoms. The molecule has 4 rings (SSSR count). The summed E-state index contributed by atoms with van der Waals surface area (Å²) in [5.41, 5.74) is 1.70. The Morgan fingerprint density at radius 2 is 2.09 bits per heavy atom. The van der Waals surface area contributed by atoms with Crippen molar-refractivity contribution in [3.05, 3.63) is 52.5 Å². The van der Waals surface area contributed by atoms with Crippen molar-refractivity contribution in [2.45, 2.75) is 26.0 Å². The maximum absolute atomic E-state index is 11.7. The van der Waals surface area contributed by atoms with E-state index in [-0.39, 0.29) is 12.6 Å². The third-order valence-electron chi connectivity index (χ3n) is 5.59. The zero-order valence-electron chi connectivity index (χ0n) is 18.1. The minimum Gasteiger partial charge on any atom is -0.491 e. The second-order valence-corrected chi connectivity index (χ2v) is 9.68. The number of aliphatic hydroxyl groups excluding tert-OH is 1. The Balaban J connectivity index is 1.29. The van der Waals surface area contributed by atoms with Crippen LogP contribution >= 0.6 is 22.9 Å². The number of anilines is 1. The number of ether oxygens (including phenoxy) is 1. The van der Waals surface area contributed by atoms with Crippen molar-refractivity contribution in [2.75, 3.05) is 37.8 Å². The lowest BCUT2D eigenvalue weighted by Gasteiger charge is -2.43. The Hall–Kier alpha value is -2.23. The molecule has 1 aliphatic heterocycles. The first-order valence-corrected chi connectivity index (χ1v) is 11.8. The van der Waals surface area contributed by atoms with E-state index in [9.17, 15) is 9.90 Å². The molecule has 0 radical (unpaired) electrons. The van der Waals surface area contributed by atoms with Gasteiger partial charge >= 0.3 is 0 Å². The van der Waals surface area contributed by atoms with E-state index in [1.165, 1.54) is 0 Å². The number of thiazole rings is 1. The first-order chi connectivity index (χ1) is 15.4. The molecule has 2 atom stereocenters. The van der Waals surface area contributed by atoms with E-state index in [0.29, 0.717) is 30.4 Å². The van der Waals surface area contributed by atoms with Crippen LogP contribution in [0.2, 0.25) is 5.02 Å². The summed E-state index contributed by atoms with van der Waals surface area (Å²) < 4.78 is 6.95. The Morgan fingerprint density at radius 1 is 1.31 bits per heavy atom. The van der Waals surface area contributed by atoms with Crippen molar-refractivity contribution in [2.24, 2.45) is 0 Å². The summed E-state index contributed by atoms with van der Waals surface area (Å²) in [5, 5.41) is 15.9. The van der Waals surface area contributed by atoms with Crippen molar-refractivity contribution in [1.29, 1.82) is 0 Å². The number of hydrazine groups is 1. The molecule has 1 fully saturated rings. The molecule has 1 amide bonds. The topological polar surface area (TPSA) is 69.1 Å². The van der Waals surface area contributed by atoms with E-state index in [1.807, 2.05) is 42.3 Å². The summed E-state index contributed by atoms with van der Waals surface area (Å²) in [7, 11) is 0. The number of rotatable bonds is 8. The van der Waals surface area contributed by atoms with Crippen LogP contribution in [0.15, 0.2) is 42.5 Å². The smallest absolute Gasteiger partial charge is 0.228 e. The van der Waals surface area contributed by atoms with Crippen molar-refractivity contribution in [3.8, 4) is 5.75 Å². The highest BCUT2D eigenvalue weighted by Crippen LogP contribution is 2.26. The number of aromatic nitrogens is 1. The van der Waals surface area contributed by atoms with Gasteiger partial charge < -0.3 is 9.84 Å². The zero-order chi connectivity index (χ0) is 22.7. The van der Waals surface area contributed by atoms with Gasteiger partial charge in [-0.05, 0) is 50.2 Å².